The molecule has 6 heteroatoms. The highest BCUT2D eigenvalue weighted by Gasteiger charge is 2.42. The summed E-state index contributed by atoms with van der Waals surface area (Å²) in [5.41, 5.74) is 2.38. The molecule has 0 unspecified atom stereocenters. The van der Waals surface area contributed by atoms with Crippen LogP contribution < -0.4 is 9.96 Å². The third-order valence-electron chi connectivity index (χ3n) is 4.11. The van der Waals surface area contributed by atoms with Crippen molar-refractivity contribution in [2.24, 2.45) is 0 Å². The van der Waals surface area contributed by atoms with Crippen molar-refractivity contribution < 1.29 is 9.63 Å². The Hall–Kier alpha value is -2.50. The number of nitrogens with zero attached hydrogens (tertiary/aromatic N) is 2. The van der Waals surface area contributed by atoms with Gasteiger partial charge >= 0.3 is 6.09 Å². The van der Waals surface area contributed by atoms with Gasteiger partial charge in [-0.2, -0.15) is 5.06 Å². The van der Waals surface area contributed by atoms with E-state index in [4.69, 9.17) is 16.4 Å². The maximum Gasteiger partial charge on any atom is 0.440 e. The van der Waals surface area contributed by atoms with Gasteiger partial charge in [0.25, 0.3) is 0 Å². The van der Waals surface area contributed by atoms with Gasteiger partial charge in [-0.05, 0) is 48.0 Å². The SMILES string of the molecule is O=C1ON(c2ccccc2)[C@@H](c2ccc(Br)cc2)N1c1cccc(Cl)c1. The van der Waals surface area contributed by atoms with E-state index in [0.717, 1.165) is 15.7 Å². The lowest BCUT2D eigenvalue weighted by Gasteiger charge is -2.27. The summed E-state index contributed by atoms with van der Waals surface area (Å²) in [5, 5.41) is 2.18. The maximum atomic E-state index is 12.7. The molecule has 1 fully saturated rings. The molecular formula is C20H14BrClN2O2. The van der Waals surface area contributed by atoms with E-state index in [9.17, 15) is 4.79 Å². The number of carbonyl (C=O) groups is 1. The summed E-state index contributed by atoms with van der Waals surface area (Å²) in [4.78, 5) is 19.9. The molecule has 0 bridgehead atoms. The Morgan fingerprint density at radius 3 is 2.27 bits per heavy atom. The Labute approximate surface area is 164 Å². The molecule has 0 N–H and O–H groups in total. The summed E-state index contributed by atoms with van der Waals surface area (Å²) in [6.45, 7) is 0. The smallest absolute Gasteiger partial charge is 0.319 e. The number of rotatable bonds is 3. The van der Waals surface area contributed by atoms with Crippen molar-refractivity contribution in [2.45, 2.75) is 6.17 Å². The minimum Gasteiger partial charge on any atom is -0.319 e. The van der Waals surface area contributed by atoms with Crippen molar-refractivity contribution in [3.8, 4) is 0 Å². The molecule has 4 rings (SSSR count). The highest BCUT2D eigenvalue weighted by Crippen LogP contribution is 2.40. The topological polar surface area (TPSA) is 32.8 Å². The zero-order chi connectivity index (χ0) is 18.1. The van der Waals surface area contributed by atoms with E-state index in [-0.39, 0.29) is 0 Å². The Kier molecular flexibility index (Phi) is 4.57. The zero-order valence-corrected chi connectivity index (χ0v) is 15.9. The number of halogens is 2. The lowest BCUT2D eigenvalue weighted by molar-refractivity contribution is 0.164. The molecule has 0 saturated carbocycles. The second kappa shape index (κ2) is 7.02. The first-order valence-electron chi connectivity index (χ1n) is 8.00. The quantitative estimate of drug-likeness (QED) is 0.498. The number of hydrogen-bond acceptors (Lipinski definition) is 3. The molecule has 0 radical (unpaired) electrons. The average molecular weight is 430 g/mol. The summed E-state index contributed by atoms with van der Waals surface area (Å²) in [6.07, 6.45) is -0.902. The Balaban J connectivity index is 1.84. The molecule has 1 saturated heterocycles. The van der Waals surface area contributed by atoms with Crippen LogP contribution in [0.3, 0.4) is 0 Å². The predicted octanol–water partition coefficient (Wildman–Crippen LogP) is 6.18. The van der Waals surface area contributed by atoms with Gasteiger partial charge in [0.15, 0.2) is 6.17 Å². The summed E-state index contributed by atoms with van der Waals surface area (Å²) in [7, 11) is 0. The number of hydroxylamine groups is 1. The molecule has 1 atom stereocenters. The third kappa shape index (κ3) is 3.16. The van der Waals surface area contributed by atoms with Crippen LogP contribution in [0.2, 0.25) is 5.02 Å². The van der Waals surface area contributed by atoms with Crippen molar-refractivity contribution >= 4 is 45.0 Å². The van der Waals surface area contributed by atoms with E-state index in [1.807, 2.05) is 66.7 Å². The largest absolute Gasteiger partial charge is 0.440 e. The van der Waals surface area contributed by atoms with Crippen LogP contribution >= 0.6 is 27.5 Å². The number of amides is 1. The fourth-order valence-electron chi connectivity index (χ4n) is 2.94. The van der Waals surface area contributed by atoms with E-state index in [1.54, 1.807) is 22.1 Å². The van der Waals surface area contributed by atoms with Crippen LogP contribution in [0.4, 0.5) is 16.2 Å². The number of para-hydroxylation sites is 1. The fourth-order valence-corrected chi connectivity index (χ4v) is 3.39. The first-order valence-corrected chi connectivity index (χ1v) is 9.17. The van der Waals surface area contributed by atoms with E-state index < -0.39 is 12.3 Å². The van der Waals surface area contributed by atoms with Crippen molar-refractivity contribution in [1.29, 1.82) is 0 Å². The highest BCUT2D eigenvalue weighted by molar-refractivity contribution is 9.10. The first kappa shape index (κ1) is 16.9. The molecule has 1 aliphatic heterocycles. The Morgan fingerprint density at radius 1 is 0.885 bits per heavy atom. The normalized spacial score (nSPS) is 16.7. The van der Waals surface area contributed by atoms with E-state index >= 15 is 0 Å². The van der Waals surface area contributed by atoms with Crippen LogP contribution in [0.15, 0.2) is 83.3 Å². The molecule has 4 nitrogen and oxygen atoms in total. The molecule has 3 aromatic carbocycles. The van der Waals surface area contributed by atoms with Crippen molar-refractivity contribution in [1.82, 2.24) is 0 Å². The van der Waals surface area contributed by atoms with Crippen LogP contribution in [0.25, 0.3) is 0 Å². The van der Waals surface area contributed by atoms with Crippen molar-refractivity contribution in [3.05, 3.63) is 93.9 Å². The molecule has 130 valence electrons. The van der Waals surface area contributed by atoms with Crippen LogP contribution in [0, 0.1) is 0 Å². The van der Waals surface area contributed by atoms with Gasteiger partial charge in [-0.1, -0.05) is 63.9 Å². The molecule has 0 spiro atoms. The molecule has 0 aromatic heterocycles. The first-order chi connectivity index (χ1) is 12.6. The van der Waals surface area contributed by atoms with Gasteiger partial charge in [0.2, 0.25) is 0 Å². The highest BCUT2D eigenvalue weighted by atomic mass is 79.9. The predicted molar refractivity (Wildman–Crippen MR) is 106 cm³/mol. The van der Waals surface area contributed by atoms with Gasteiger partial charge < -0.3 is 4.84 Å². The van der Waals surface area contributed by atoms with Crippen molar-refractivity contribution in [2.75, 3.05) is 9.96 Å². The molecule has 1 aliphatic rings. The average Bonchev–Trinajstić information content (AvgIpc) is 3.00. The minimum atomic E-state index is -0.455. The number of benzene rings is 3. The van der Waals surface area contributed by atoms with Gasteiger partial charge in [0, 0.05) is 9.50 Å². The van der Waals surface area contributed by atoms with E-state index in [1.165, 1.54) is 0 Å². The summed E-state index contributed by atoms with van der Waals surface area (Å²) >= 11 is 9.59. The number of carbonyl (C=O) groups excluding carboxylic acids is 1. The van der Waals surface area contributed by atoms with Gasteiger partial charge in [-0.15, -0.1) is 0 Å². The second-order valence-corrected chi connectivity index (χ2v) is 7.15. The third-order valence-corrected chi connectivity index (χ3v) is 4.87. The molecule has 1 heterocycles. The summed E-state index contributed by atoms with van der Waals surface area (Å²) < 4.78 is 0.965. The van der Waals surface area contributed by atoms with Crippen molar-refractivity contribution in [3.63, 3.8) is 0 Å². The maximum absolute atomic E-state index is 12.7. The van der Waals surface area contributed by atoms with E-state index in [2.05, 4.69) is 15.9 Å². The van der Waals surface area contributed by atoms with E-state index in [0.29, 0.717) is 10.7 Å². The van der Waals surface area contributed by atoms with Crippen LogP contribution in [-0.4, -0.2) is 6.09 Å². The molecule has 0 aliphatic carbocycles. The minimum absolute atomic E-state index is 0.448. The van der Waals surface area contributed by atoms with Gasteiger partial charge in [-0.3, -0.25) is 0 Å². The lowest BCUT2D eigenvalue weighted by atomic mass is 10.1. The van der Waals surface area contributed by atoms with Gasteiger partial charge in [-0.25, -0.2) is 9.69 Å². The second-order valence-electron chi connectivity index (χ2n) is 5.79. The standard InChI is InChI=1S/C20H14BrClN2O2/c21-15-11-9-14(10-12-15)19-23(18-8-4-5-16(22)13-18)20(25)26-24(19)17-6-2-1-3-7-17/h1-13,19H/t19-/m0/s1. The van der Waals surface area contributed by atoms with Crippen LogP contribution in [-0.2, 0) is 4.84 Å². The summed E-state index contributed by atoms with van der Waals surface area (Å²) in [6, 6.07) is 24.5. The number of hydrogen-bond donors (Lipinski definition) is 0. The Morgan fingerprint density at radius 2 is 1.58 bits per heavy atom. The molecule has 26 heavy (non-hydrogen) atoms. The fraction of sp³-hybridized carbons (Fsp3) is 0.0500. The summed E-state index contributed by atoms with van der Waals surface area (Å²) in [5.74, 6) is 0. The van der Waals surface area contributed by atoms with Gasteiger partial charge in [0.05, 0.1) is 11.4 Å². The van der Waals surface area contributed by atoms with Crippen LogP contribution in [0.5, 0.6) is 0 Å². The number of anilines is 2. The molecule has 1 amide bonds. The molecule has 3 aromatic rings. The zero-order valence-electron chi connectivity index (χ0n) is 13.5. The monoisotopic (exact) mass is 428 g/mol. The Bertz CT molecular complexity index is 934. The van der Waals surface area contributed by atoms with Crippen LogP contribution in [0.1, 0.15) is 11.7 Å². The van der Waals surface area contributed by atoms with Gasteiger partial charge in [0.1, 0.15) is 0 Å². The molecular weight excluding hydrogens is 416 g/mol. The lowest BCUT2D eigenvalue weighted by Crippen LogP contribution is -2.31.